The number of amides is 2. The lowest BCUT2D eigenvalue weighted by Crippen LogP contribution is -2.46. The molecule has 0 aliphatic heterocycles. The van der Waals surface area contributed by atoms with Crippen LogP contribution < -0.4 is 24.2 Å². The standard InChI is InChI=1S/C35H34F3N3O7S/c1-4-46-30-25-8-6-7-9-26(25)31(47-5-2)29-27(30)20-41(32(29)42)28-15-10-22(18-21(28)3)19-34(16-17-34)39-33(43)40-49(44,45)24-13-11-23(12-14-24)48-35(36,37)38/h6-15,18,20,42H,4-5,16-17,19H2,1-3H3,(H2,39,40,43). The monoisotopic (exact) mass is 697 g/mol. The summed E-state index contributed by atoms with van der Waals surface area (Å²) in [5.74, 6) is 0.626. The minimum Gasteiger partial charge on any atom is -0.494 e. The second-order valence-electron chi connectivity index (χ2n) is 11.8. The number of alkyl halides is 3. The highest BCUT2D eigenvalue weighted by atomic mass is 32.2. The van der Waals surface area contributed by atoms with Gasteiger partial charge in [-0.15, -0.1) is 13.2 Å². The number of aryl methyl sites for hydroxylation is 1. The largest absolute Gasteiger partial charge is 0.573 e. The Kier molecular flexibility index (Phi) is 8.78. The number of hydrogen-bond acceptors (Lipinski definition) is 7. The van der Waals surface area contributed by atoms with E-state index in [0.717, 1.165) is 51.9 Å². The van der Waals surface area contributed by atoms with Crippen molar-refractivity contribution in [2.75, 3.05) is 13.2 Å². The molecule has 3 N–H and O–H groups in total. The number of carbonyl (C=O) groups is 1. The van der Waals surface area contributed by atoms with Gasteiger partial charge in [0.15, 0.2) is 0 Å². The van der Waals surface area contributed by atoms with Gasteiger partial charge in [0.1, 0.15) is 17.2 Å². The van der Waals surface area contributed by atoms with Crippen molar-refractivity contribution in [1.29, 1.82) is 0 Å². The molecule has 0 bridgehead atoms. The number of carbonyl (C=O) groups excluding carboxylic acids is 1. The number of nitrogens with zero attached hydrogens (tertiary/aromatic N) is 1. The molecule has 1 heterocycles. The summed E-state index contributed by atoms with van der Waals surface area (Å²) in [6, 6.07) is 16.0. The molecule has 0 radical (unpaired) electrons. The Morgan fingerprint density at radius 1 is 0.939 bits per heavy atom. The first-order chi connectivity index (χ1) is 23.2. The molecule has 1 aliphatic rings. The molecule has 1 aromatic heterocycles. The van der Waals surface area contributed by atoms with Gasteiger partial charge in [0, 0.05) is 22.5 Å². The van der Waals surface area contributed by atoms with Crippen LogP contribution in [0.2, 0.25) is 0 Å². The van der Waals surface area contributed by atoms with Crippen LogP contribution in [-0.2, 0) is 16.4 Å². The molecule has 14 heteroatoms. The zero-order chi connectivity index (χ0) is 35.1. The molecule has 1 aliphatic carbocycles. The average Bonchev–Trinajstić information content (AvgIpc) is 3.69. The van der Waals surface area contributed by atoms with E-state index in [9.17, 15) is 31.5 Å². The Labute approximate surface area is 280 Å². The zero-order valence-electron chi connectivity index (χ0n) is 26.8. The number of halogens is 3. The molecule has 0 saturated heterocycles. The molecule has 1 fully saturated rings. The maximum atomic E-state index is 12.8. The second kappa shape index (κ2) is 12.7. The highest BCUT2D eigenvalue weighted by Crippen LogP contribution is 2.48. The molecule has 0 atom stereocenters. The van der Waals surface area contributed by atoms with E-state index in [0.29, 0.717) is 54.7 Å². The lowest BCUT2D eigenvalue weighted by molar-refractivity contribution is -0.274. The summed E-state index contributed by atoms with van der Waals surface area (Å²) in [6.45, 7) is 6.53. The number of rotatable bonds is 11. The van der Waals surface area contributed by atoms with Gasteiger partial charge in [0.05, 0.1) is 34.6 Å². The Balaban J connectivity index is 1.22. The highest BCUT2D eigenvalue weighted by molar-refractivity contribution is 7.90. The van der Waals surface area contributed by atoms with Gasteiger partial charge in [-0.1, -0.05) is 36.4 Å². The van der Waals surface area contributed by atoms with Gasteiger partial charge < -0.3 is 24.6 Å². The van der Waals surface area contributed by atoms with Crippen molar-refractivity contribution >= 4 is 37.6 Å². The van der Waals surface area contributed by atoms with Crippen LogP contribution in [0.4, 0.5) is 18.0 Å². The van der Waals surface area contributed by atoms with Gasteiger partial charge in [-0.2, -0.15) is 0 Å². The summed E-state index contributed by atoms with van der Waals surface area (Å²) < 4.78 is 82.3. The smallest absolute Gasteiger partial charge is 0.494 e. The first-order valence-corrected chi connectivity index (χ1v) is 17.1. The Morgan fingerprint density at radius 2 is 1.57 bits per heavy atom. The number of aromatic nitrogens is 1. The zero-order valence-corrected chi connectivity index (χ0v) is 27.7. The summed E-state index contributed by atoms with van der Waals surface area (Å²) in [6.07, 6.45) is -1.45. The molecule has 0 unspecified atom stereocenters. The molecular formula is C35H34F3N3O7S. The van der Waals surface area contributed by atoms with Crippen LogP contribution >= 0.6 is 0 Å². The molecule has 258 valence electrons. The number of benzene rings is 4. The predicted octanol–water partition coefficient (Wildman–Crippen LogP) is 7.26. The molecule has 0 spiro atoms. The number of hydrogen-bond donors (Lipinski definition) is 3. The van der Waals surface area contributed by atoms with Crippen LogP contribution in [0.15, 0.2) is 77.8 Å². The van der Waals surface area contributed by atoms with Crippen molar-refractivity contribution < 1.29 is 45.7 Å². The fraction of sp³-hybridized carbons (Fsp3) is 0.286. The Bertz CT molecular complexity index is 2160. The van der Waals surface area contributed by atoms with Gasteiger partial charge in [-0.05, 0) is 81.5 Å². The van der Waals surface area contributed by atoms with Crippen LogP contribution in [0.25, 0.3) is 27.2 Å². The van der Waals surface area contributed by atoms with Crippen molar-refractivity contribution in [3.8, 4) is 28.8 Å². The summed E-state index contributed by atoms with van der Waals surface area (Å²) in [4.78, 5) is 12.4. The number of ether oxygens (including phenoxy) is 3. The number of sulfonamides is 1. The predicted molar refractivity (Wildman–Crippen MR) is 177 cm³/mol. The number of urea groups is 1. The van der Waals surface area contributed by atoms with E-state index in [1.165, 1.54) is 0 Å². The Morgan fingerprint density at radius 3 is 2.16 bits per heavy atom. The number of fused-ring (bicyclic) bond motifs is 2. The third-order valence-electron chi connectivity index (χ3n) is 8.33. The van der Waals surface area contributed by atoms with Crippen LogP contribution in [-0.4, -0.2) is 49.2 Å². The lowest BCUT2D eigenvalue weighted by atomic mass is 10.0. The summed E-state index contributed by atoms with van der Waals surface area (Å²) in [7, 11) is -4.37. The minimum atomic E-state index is -4.92. The summed E-state index contributed by atoms with van der Waals surface area (Å²) in [5, 5.41) is 17.3. The summed E-state index contributed by atoms with van der Waals surface area (Å²) in [5.41, 5.74) is 1.77. The van der Waals surface area contributed by atoms with Gasteiger partial charge in [-0.25, -0.2) is 17.9 Å². The SMILES string of the molecule is CCOc1c2ccccc2c(OCC)c2c(O)n(-c3ccc(CC4(NC(=O)NS(=O)(=O)c5ccc(OC(F)(F)F)cc5)CC4)cc3C)cc12. The first-order valence-electron chi connectivity index (χ1n) is 15.6. The van der Waals surface area contributed by atoms with Crippen molar-refractivity contribution in [1.82, 2.24) is 14.6 Å². The van der Waals surface area contributed by atoms with E-state index in [4.69, 9.17) is 9.47 Å². The van der Waals surface area contributed by atoms with Gasteiger partial charge in [0.25, 0.3) is 10.0 Å². The van der Waals surface area contributed by atoms with Crippen molar-refractivity contribution in [3.05, 3.63) is 84.1 Å². The molecule has 6 rings (SSSR count). The van der Waals surface area contributed by atoms with E-state index < -0.39 is 38.6 Å². The van der Waals surface area contributed by atoms with Crippen LogP contribution in [0.5, 0.6) is 23.1 Å². The number of nitrogens with one attached hydrogen (secondary N) is 2. The van der Waals surface area contributed by atoms with E-state index in [1.54, 1.807) is 4.57 Å². The molecule has 4 aromatic carbocycles. The van der Waals surface area contributed by atoms with E-state index in [1.807, 2.05) is 74.2 Å². The molecule has 1 saturated carbocycles. The fourth-order valence-corrected chi connectivity index (χ4v) is 6.99. The second-order valence-corrected chi connectivity index (χ2v) is 13.5. The van der Waals surface area contributed by atoms with Crippen molar-refractivity contribution in [2.45, 2.75) is 56.8 Å². The quantitative estimate of drug-likeness (QED) is 0.133. The maximum absolute atomic E-state index is 12.8. The third-order valence-corrected chi connectivity index (χ3v) is 9.68. The van der Waals surface area contributed by atoms with E-state index >= 15 is 0 Å². The van der Waals surface area contributed by atoms with Gasteiger partial charge in [-0.3, -0.25) is 4.57 Å². The minimum absolute atomic E-state index is 0.00161. The first kappa shape index (κ1) is 33.8. The van der Waals surface area contributed by atoms with E-state index in [-0.39, 0.29) is 5.88 Å². The number of aromatic hydroxyl groups is 1. The average molecular weight is 698 g/mol. The third kappa shape index (κ3) is 6.91. The maximum Gasteiger partial charge on any atom is 0.573 e. The summed E-state index contributed by atoms with van der Waals surface area (Å²) >= 11 is 0. The highest BCUT2D eigenvalue weighted by Gasteiger charge is 2.44. The molecule has 49 heavy (non-hydrogen) atoms. The van der Waals surface area contributed by atoms with Crippen LogP contribution in [0, 0.1) is 6.92 Å². The lowest BCUT2D eigenvalue weighted by Gasteiger charge is -2.19. The van der Waals surface area contributed by atoms with Gasteiger partial charge in [0.2, 0.25) is 5.88 Å². The Hall–Kier alpha value is -5.11. The topological polar surface area (TPSA) is 128 Å². The molecule has 5 aromatic rings. The van der Waals surface area contributed by atoms with Crippen LogP contribution in [0.3, 0.4) is 0 Å². The fourth-order valence-electron chi connectivity index (χ4n) is 6.08. The molecule has 2 amide bonds. The normalized spacial score (nSPS) is 14.1. The van der Waals surface area contributed by atoms with Crippen molar-refractivity contribution in [2.24, 2.45) is 0 Å². The van der Waals surface area contributed by atoms with Gasteiger partial charge >= 0.3 is 12.4 Å². The van der Waals surface area contributed by atoms with E-state index in [2.05, 4.69) is 10.1 Å². The molecular weight excluding hydrogens is 663 g/mol. The van der Waals surface area contributed by atoms with Crippen molar-refractivity contribution in [3.63, 3.8) is 0 Å². The molecule has 10 nitrogen and oxygen atoms in total. The van der Waals surface area contributed by atoms with Crippen LogP contribution in [0.1, 0.15) is 37.8 Å².